The predicted molar refractivity (Wildman–Crippen MR) is 81.4 cm³/mol. The zero-order valence-corrected chi connectivity index (χ0v) is 13.0. The monoisotopic (exact) mass is 323 g/mol. The zero-order valence-electron chi connectivity index (χ0n) is 11.4. The first-order valence-corrected chi connectivity index (χ1v) is 8.11. The molecule has 3 heteroatoms. The van der Waals surface area contributed by atoms with E-state index in [-0.39, 0.29) is 0 Å². The van der Waals surface area contributed by atoms with Gasteiger partial charge in [-0.25, -0.2) is 0 Å². The van der Waals surface area contributed by atoms with E-state index in [9.17, 15) is 0 Å². The highest BCUT2D eigenvalue weighted by molar-refractivity contribution is 9.10. The van der Waals surface area contributed by atoms with Crippen LogP contribution in [-0.2, 0) is 4.74 Å². The molecular weight excluding hydrogens is 302 g/mol. The van der Waals surface area contributed by atoms with Crippen LogP contribution < -0.4 is 5.32 Å². The fourth-order valence-corrected chi connectivity index (χ4v) is 3.48. The van der Waals surface area contributed by atoms with Gasteiger partial charge in [0.1, 0.15) is 0 Å². The Kier molecular flexibility index (Phi) is 4.25. The molecule has 0 aromatic heterocycles. The average Bonchev–Trinajstić information content (AvgIpc) is 2.88. The molecule has 1 heterocycles. The maximum atomic E-state index is 5.47. The van der Waals surface area contributed by atoms with Crippen LogP contribution in [0.4, 0.5) is 0 Å². The van der Waals surface area contributed by atoms with Gasteiger partial charge in [-0.3, -0.25) is 0 Å². The van der Waals surface area contributed by atoms with Crippen molar-refractivity contribution < 1.29 is 4.74 Å². The van der Waals surface area contributed by atoms with Gasteiger partial charge in [-0.1, -0.05) is 28.1 Å². The molecule has 2 atom stereocenters. The summed E-state index contributed by atoms with van der Waals surface area (Å²) in [5.74, 6) is 1.46. The molecule has 104 valence electrons. The average molecular weight is 324 g/mol. The van der Waals surface area contributed by atoms with Gasteiger partial charge in [-0.15, -0.1) is 0 Å². The van der Waals surface area contributed by atoms with Crippen molar-refractivity contribution >= 4 is 15.9 Å². The summed E-state index contributed by atoms with van der Waals surface area (Å²) in [7, 11) is 0. The Labute approximate surface area is 124 Å². The summed E-state index contributed by atoms with van der Waals surface area (Å²) < 4.78 is 6.64. The summed E-state index contributed by atoms with van der Waals surface area (Å²) >= 11 is 3.49. The lowest BCUT2D eigenvalue weighted by molar-refractivity contribution is 0.170. The number of halogens is 1. The van der Waals surface area contributed by atoms with E-state index in [0.717, 1.165) is 19.1 Å². The van der Waals surface area contributed by atoms with Crippen molar-refractivity contribution in [1.29, 1.82) is 0 Å². The molecule has 1 aliphatic carbocycles. The van der Waals surface area contributed by atoms with Gasteiger partial charge >= 0.3 is 0 Å². The molecule has 1 aromatic carbocycles. The summed E-state index contributed by atoms with van der Waals surface area (Å²) in [6.45, 7) is 4.20. The topological polar surface area (TPSA) is 21.3 Å². The van der Waals surface area contributed by atoms with Crippen LogP contribution in [0.5, 0.6) is 0 Å². The Morgan fingerprint density at radius 3 is 2.63 bits per heavy atom. The number of benzene rings is 1. The van der Waals surface area contributed by atoms with E-state index < -0.39 is 0 Å². The van der Waals surface area contributed by atoms with Gasteiger partial charge in [0.25, 0.3) is 0 Å². The summed E-state index contributed by atoms with van der Waals surface area (Å²) in [5, 5.41) is 3.78. The van der Waals surface area contributed by atoms with E-state index in [1.807, 2.05) is 0 Å². The second kappa shape index (κ2) is 5.94. The van der Waals surface area contributed by atoms with Gasteiger partial charge in [0.05, 0.1) is 6.61 Å². The lowest BCUT2D eigenvalue weighted by atomic mass is 9.75. The highest BCUT2D eigenvalue weighted by Gasteiger charge is 2.33. The summed E-state index contributed by atoms with van der Waals surface area (Å²) in [5.41, 5.74) is 1.48. The third-order valence-electron chi connectivity index (χ3n) is 4.65. The van der Waals surface area contributed by atoms with Gasteiger partial charge < -0.3 is 10.1 Å². The number of rotatable bonds is 4. The Morgan fingerprint density at radius 1 is 1.26 bits per heavy atom. The minimum atomic E-state index is 0.596. The van der Waals surface area contributed by atoms with Gasteiger partial charge in [-0.2, -0.15) is 0 Å². The Morgan fingerprint density at radius 2 is 2.00 bits per heavy atom. The molecule has 2 unspecified atom stereocenters. The van der Waals surface area contributed by atoms with Crippen LogP contribution >= 0.6 is 15.9 Å². The minimum absolute atomic E-state index is 0.596. The van der Waals surface area contributed by atoms with Gasteiger partial charge in [-0.05, 0) is 55.7 Å². The Bertz CT molecular complexity index is 407. The molecule has 1 saturated heterocycles. The predicted octanol–water partition coefficient (Wildman–Crippen LogP) is 3.71. The van der Waals surface area contributed by atoms with Crippen LogP contribution in [0.15, 0.2) is 28.7 Å². The number of hydrogen-bond donors (Lipinski definition) is 1. The van der Waals surface area contributed by atoms with Crippen LogP contribution in [0.3, 0.4) is 0 Å². The van der Waals surface area contributed by atoms with Crippen molar-refractivity contribution in [2.24, 2.45) is 5.92 Å². The van der Waals surface area contributed by atoms with E-state index in [1.54, 1.807) is 0 Å². The third-order valence-corrected chi connectivity index (χ3v) is 5.18. The lowest BCUT2D eigenvalue weighted by Crippen LogP contribution is -2.47. The molecule has 0 radical (unpaired) electrons. The van der Waals surface area contributed by atoms with E-state index in [1.165, 1.54) is 29.3 Å². The molecule has 1 aliphatic heterocycles. The van der Waals surface area contributed by atoms with Crippen LogP contribution in [0, 0.1) is 5.92 Å². The largest absolute Gasteiger partial charge is 0.381 e. The van der Waals surface area contributed by atoms with E-state index in [4.69, 9.17) is 4.74 Å². The summed E-state index contributed by atoms with van der Waals surface area (Å²) in [6.07, 6.45) is 3.77. The highest BCUT2D eigenvalue weighted by atomic mass is 79.9. The molecule has 0 bridgehead atoms. The maximum absolute atomic E-state index is 5.47. The highest BCUT2D eigenvalue weighted by Crippen LogP contribution is 2.37. The van der Waals surface area contributed by atoms with E-state index in [0.29, 0.717) is 18.0 Å². The van der Waals surface area contributed by atoms with Gasteiger partial charge in [0.15, 0.2) is 0 Å². The molecular formula is C16H22BrNO. The molecule has 2 nitrogen and oxygen atoms in total. The van der Waals surface area contributed by atoms with Crippen LogP contribution in [-0.4, -0.2) is 25.3 Å². The molecule has 1 aromatic rings. The van der Waals surface area contributed by atoms with Crippen molar-refractivity contribution in [3.8, 4) is 0 Å². The first-order valence-electron chi connectivity index (χ1n) is 7.31. The second-order valence-corrected chi connectivity index (χ2v) is 6.91. The zero-order chi connectivity index (χ0) is 13.2. The van der Waals surface area contributed by atoms with Crippen molar-refractivity contribution in [2.45, 2.75) is 44.2 Å². The summed E-state index contributed by atoms with van der Waals surface area (Å²) in [6, 6.07) is 10.1. The quantitative estimate of drug-likeness (QED) is 0.912. The molecule has 1 saturated carbocycles. The van der Waals surface area contributed by atoms with Crippen LogP contribution in [0.25, 0.3) is 0 Å². The Balaban J connectivity index is 1.46. The third kappa shape index (κ3) is 3.21. The van der Waals surface area contributed by atoms with E-state index >= 15 is 0 Å². The van der Waals surface area contributed by atoms with Crippen molar-refractivity contribution in [2.75, 3.05) is 13.2 Å². The van der Waals surface area contributed by atoms with Gasteiger partial charge in [0, 0.05) is 23.2 Å². The molecule has 2 aliphatic rings. The fourth-order valence-electron chi connectivity index (χ4n) is 3.22. The Hall–Kier alpha value is -0.380. The number of ether oxygens (including phenoxy) is 1. The smallest absolute Gasteiger partial charge is 0.0509 e. The van der Waals surface area contributed by atoms with E-state index in [2.05, 4.69) is 52.4 Å². The molecule has 3 rings (SSSR count). The van der Waals surface area contributed by atoms with Gasteiger partial charge in [0.2, 0.25) is 0 Å². The van der Waals surface area contributed by atoms with Crippen molar-refractivity contribution in [3.63, 3.8) is 0 Å². The maximum Gasteiger partial charge on any atom is 0.0509 e. The summed E-state index contributed by atoms with van der Waals surface area (Å²) in [4.78, 5) is 0. The lowest BCUT2D eigenvalue weighted by Gasteiger charge is -2.39. The molecule has 0 amide bonds. The first kappa shape index (κ1) is 13.6. The van der Waals surface area contributed by atoms with Crippen molar-refractivity contribution in [1.82, 2.24) is 5.32 Å². The molecule has 1 N–H and O–H groups in total. The van der Waals surface area contributed by atoms with Crippen LogP contribution in [0.1, 0.15) is 37.7 Å². The number of hydrogen-bond acceptors (Lipinski definition) is 2. The minimum Gasteiger partial charge on any atom is -0.381 e. The fraction of sp³-hybridized carbons (Fsp3) is 0.625. The standard InChI is InChI=1S/C16H22BrNO/c1-11(13-6-7-19-10-13)18-16-8-14(9-16)12-2-4-15(17)5-3-12/h2-5,11,13-14,16,18H,6-10H2,1H3. The molecule has 19 heavy (non-hydrogen) atoms. The first-order chi connectivity index (χ1) is 9.22. The normalized spacial score (nSPS) is 32.0. The molecule has 2 fully saturated rings. The molecule has 0 spiro atoms. The second-order valence-electron chi connectivity index (χ2n) is 6.00. The number of nitrogens with one attached hydrogen (secondary N) is 1. The van der Waals surface area contributed by atoms with Crippen molar-refractivity contribution in [3.05, 3.63) is 34.3 Å². The SMILES string of the molecule is CC(NC1CC(c2ccc(Br)cc2)C1)C1CCOC1. The van der Waals surface area contributed by atoms with Crippen LogP contribution in [0.2, 0.25) is 0 Å².